The summed E-state index contributed by atoms with van der Waals surface area (Å²) < 4.78 is 41.1. The van der Waals surface area contributed by atoms with Gasteiger partial charge in [0, 0.05) is 23.8 Å². The molecule has 4 rings (SSSR count). The van der Waals surface area contributed by atoms with Crippen LogP contribution in [0.3, 0.4) is 0 Å². The summed E-state index contributed by atoms with van der Waals surface area (Å²) in [7, 11) is -4.99. The van der Waals surface area contributed by atoms with Gasteiger partial charge >= 0.3 is 0 Å². The van der Waals surface area contributed by atoms with Crippen molar-refractivity contribution in [3.8, 4) is 0 Å². The Bertz CT molecular complexity index is 1360. The number of aromatic nitrogens is 2. The minimum absolute atomic E-state index is 0.0825. The molecule has 2 atom stereocenters. The highest BCUT2D eigenvalue weighted by atomic mass is 35.5. The predicted octanol–water partition coefficient (Wildman–Crippen LogP) is 5.71. The van der Waals surface area contributed by atoms with E-state index in [9.17, 15) is 12.6 Å². The second-order valence-corrected chi connectivity index (χ2v) is 11.9. The van der Waals surface area contributed by atoms with Crippen molar-refractivity contribution < 1.29 is 12.6 Å². The van der Waals surface area contributed by atoms with Crippen LogP contribution >= 0.6 is 23.2 Å². The molecule has 0 spiro atoms. The molecule has 170 valence electrons. The molecule has 0 aliphatic heterocycles. The van der Waals surface area contributed by atoms with E-state index in [1.54, 1.807) is 73.3 Å². The van der Waals surface area contributed by atoms with Gasteiger partial charge in [-0.25, -0.2) is 13.4 Å². The van der Waals surface area contributed by atoms with Crippen molar-refractivity contribution >= 4 is 43.8 Å². The van der Waals surface area contributed by atoms with Crippen molar-refractivity contribution in [1.29, 1.82) is 0 Å². The summed E-state index contributed by atoms with van der Waals surface area (Å²) >= 11 is 12.2. The summed E-state index contributed by atoms with van der Waals surface area (Å²) in [4.78, 5) is 4.82. The van der Waals surface area contributed by atoms with Crippen LogP contribution in [0.15, 0.2) is 101 Å². The van der Waals surface area contributed by atoms with E-state index in [2.05, 4.69) is 4.98 Å². The van der Waals surface area contributed by atoms with E-state index in [1.165, 1.54) is 0 Å². The second-order valence-electron chi connectivity index (χ2n) is 7.44. The first kappa shape index (κ1) is 23.7. The van der Waals surface area contributed by atoms with E-state index in [0.717, 1.165) is 11.1 Å². The monoisotopic (exact) mass is 518 g/mol. The Kier molecular flexibility index (Phi) is 7.34. The third-order valence-electron chi connectivity index (χ3n) is 5.13. The Morgan fingerprint density at radius 3 is 2.30 bits per heavy atom. The number of imidazole rings is 1. The SMILES string of the molecule is O=S(c1ccc(Cl)c(Cl)c1)C(Cn1ccnc1)c1ccc(S(=O)(=O)Cc2ccccc2)cc1. The lowest BCUT2D eigenvalue weighted by molar-refractivity contribution is 0.595. The largest absolute Gasteiger partial charge is 0.336 e. The van der Waals surface area contributed by atoms with Crippen molar-refractivity contribution in [1.82, 2.24) is 9.55 Å². The summed E-state index contributed by atoms with van der Waals surface area (Å²) in [6.07, 6.45) is 5.09. The molecule has 0 radical (unpaired) electrons. The van der Waals surface area contributed by atoms with Crippen molar-refractivity contribution in [2.45, 2.75) is 27.3 Å². The molecule has 0 aliphatic rings. The van der Waals surface area contributed by atoms with Gasteiger partial charge in [-0.15, -0.1) is 0 Å². The van der Waals surface area contributed by atoms with Crippen molar-refractivity contribution in [2.75, 3.05) is 0 Å². The fourth-order valence-corrected chi connectivity index (χ4v) is 6.60. The fourth-order valence-electron chi connectivity index (χ4n) is 3.42. The van der Waals surface area contributed by atoms with Crippen LogP contribution in [-0.2, 0) is 32.9 Å². The summed E-state index contributed by atoms with van der Waals surface area (Å²) in [6.45, 7) is 0.392. The number of hydrogen-bond acceptors (Lipinski definition) is 4. The molecule has 1 aromatic heterocycles. The zero-order chi connectivity index (χ0) is 23.4. The zero-order valence-corrected chi connectivity index (χ0v) is 20.5. The number of halogens is 2. The molecule has 0 bridgehead atoms. The van der Waals surface area contributed by atoms with E-state index >= 15 is 0 Å². The summed E-state index contributed by atoms with van der Waals surface area (Å²) in [5.41, 5.74) is 1.46. The highest BCUT2D eigenvalue weighted by Crippen LogP contribution is 2.32. The third-order valence-corrected chi connectivity index (χ3v) is 9.23. The minimum Gasteiger partial charge on any atom is -0.336 e. The van der Waals surface area contributed by atoms with Crippen LogP contribution in [0.5, 0.6) is 0 Å². The number of benzene rings is 3. The van der Waals surface area contributed by atoms with Crippen LogP contribution in [0.1, 0.15) is 16.4 Å². The van der Waals surface area contributed by atoms with E-state index in [0.29, 0.717) is 21.5 Å². The third kappa shape index (κ3) is 5.73. The smallest absolute Gasteiger partial charge is 0.182 e. The second kappa shape index (κ2) is 10.2. The Morgan fingerprint density at radius 2 is 1.67 bits per heavy atom. The Labute approximate surface area is 205 Å². The van der Waals surface area contributed by atoms with E-state index in [4.69, 9.17) is 23.2 Å². The molecule has 0 aliphatic carbocycles. The lowest BCUT2D eigenvalue weighted by atomic mass is 10.1. The van der Waals surface area contributed by atoms with Crippen molar-refractivity contribution in [3.63, 3.8) is 0 Å². The van der Waals surface area contributed by atoms with E-state index in [-0.39, 0.29) is 10.6 Å². The maximum absolute atomic E-state index is 13.5. The van der Waals surface area contributed by atoms with Gasteiger partial charge in [-0.3, -0.25) is 4.21 Å². The van der Waals surface area contributed by atoms with Gasteiger partial charge in [-0.2, -0.15) is 0 Å². The van der Waals surface area contributed by atoms with Crippen molar-refractivity contribution in [3.05, 3.63) is 113 Å². The Hall–Kier alpha value is -2.45. The van der Waals surface area contributed by atoms with Gasteiger partial charge in [0.15, 0.2) is 9.84 Å². The predicted molar refractivity (Wildman–Crippen MR) is 132 cm³/mol. The summed E-state index contributed by atoms with van der Waals surface area (Å²) in [6, 6.07) is 20.5. The highest BCUT2D eigenvalue weighted by molar-refractivity contribution is 7.90. The standard InChI is InChI=1S/C24H20Cl2N2O3S2/c25-22-11-8-20(14-23(22)26)32(29)24(15-28-13-12-27-17-28)19-6-9-21(10-7-19)33(30,31)16-18-4-2-1-3-5-18/h1-14,17,24H,15-16H2. The molecule has 3 aromatic carbocycles. The molecule has 4 aromatic rings. The number of sulfone groups is 1. The molecule has 33 heavy (non-hydrogen) atoms. The molecule has 1 heterocycles. The van der Waals surface area contributed by atoms with Crippen molar-refractivity contribution in [2.24, 2.45) is 0 Å². The molecule has 0 amide bonds. The lowest BCUT2D eigenvalue weighted by Gasteiger charge is -2.19. The average molecular weight is 519 g/mol. The normalized spacial score (nSPS) is 13.5. The first-order chi connectivity index (χ1) is 15.8. The average Bonchev–Trinajstić information content (AvgIpc) is 3.33. The van der Waals surface area contributed by atoms with Gasteiger partial charge in [-0.1, -0.05) is 65.7 Å². The molecule has 0 saturated carbocycles. The van der Waals surface area contributed by atoms with Gasteiger partial charge in [0.2, 0.25) is 0 Å². The van der Waals surface area contributed by atoms with E-state index in [1.807, 2.05) is 22.8 Å². The van der Waals surface area contributed by atoms with Crippen LogP contribution in [0, 0.1) is 0 Å². The maximum Gasteiger partial charge on any atom is 0.182 e. The summed E-state index contributed by atoms with van der Waals surface area (Å²) in [5.74, 6) is -0.0825. The number of nitrogens with zero attached hydrogens (tertiary/aromatic N) is 2. The first-order valence-corrected chi connectivity index (χ1v) is 13.6. The van der Waals surface area contributed by atoms with Crippen LogP contribution in [0.4, 0.5) is 0 Å². The maximum atomic E-state index is 13.5. The Balaban J connectivity index is 1.64. The van der Waals surface area contributed by atoms with Crippen LogP contribution < -0.4 is 0 Å². The van der Waals surface area contributed by atoms with Gasteiger partial charge in [-0.05, 0) is 41.5 Å². The van der Waals surface area contributed by atoms with Gasteiger partial charge in [0.05, 0.1) is 43.1 Å². The molecular formula is C24H20Cl2N2O3S2. The van der Waals surface area contributed by atoms with Gasteiger partial charge in [0.25, 0.3) is 0 Å². The van der Waals surface area contributed by atoms with E-state index < -0.39 is 25.9 Å². The molecule has 2 unspecified atom stereocenters. The molecule has 9 heteroatoms. The fraction of sp³-hybridized carbons (Fsp3) is 0.125. The summed E-state index contributed by atoms with van der Waals surface area (Å²) in [5, 5.41) is 0.255. The number of rotatable bonds is 8. The van der Waals surface area contributed by atoms with Crippen LogP contribution in [0.25, 0.3) is 0 Å². The molecular weight excluding hydrogens is 499 g/mol. The van der Waals surface area contributed by atoms with Crippen LogP contribution in [-0.4, -0.2) is 22.2 Å². The lowest BCUT2D eigenvalue weighted by Crippen LogP contribution is -2.14. The highest BCUT2D eigenvalue weighted by Gasteiger charge is 2.23. The molecule has 5 nitrogen and oxygen atoms in total. The molecule has 0 fully saturated rings. The van der Waals surface area contributed by atoms with Crippen LogP contribution in [0.2, 0.25) is 10.0 Å². The Morgan fingerprint density at radius 1 is 0.939 bits per heavy atom. The molecule has 0 saturated heterocycles. The minimum atomic E-state index is -3.51. The first-order valence-electron chi connectivity index (χ1n) is 10.0. The molecule has 0 N–H and O–H groups in total. The van der Waals surface area contributed by atoms with Gasteiger partial charge < -0.3 is 4.57 Å². The topological polar surface area (TPSA) is 69.0 Å². The zero-order valence-electron chi connectivity index (χ0n) is 17.3. The van der Waals surface area contributed by atoms with Gasteiger partial charge in [0.1, 0.15) is 0 Å². The number of hydrogen-bond donors (Lipinski definition) is 0. The quantitative estimate of drug-likeness (QED) is 0.299.